The first-order chi connectivity index (χ1) is 11.0. The number of aromatic nitrogens is 2. The third-order valence-corrected chi connectivity index (χ3v) is 4.05. The largest absolute Gasteiger partial charge is 0.328 e. The van der Waals surface area contributed by atoms with Gasteiger partial charge >= 0.3 is 5.69 Å². The molecule has 0 aliphatic carbocycles. The van der Waals surface area contributed by atoms with Crippen LogP contribution >= 0.6 is 0 Å². The second kappa shape index (κ2) is 5.77. The molecule has 116 valence electrons. The molecule has 0 aliphatic heterocycles. The van der Waals surface area contributed by atoms with E-state index in [2.05, 4.69) is 19.9 Å². The molecule has 0 atom stereocenters. The number of aryl methyl sites for hydroxylation is 1. The highest BCUT2D eigenvalue weighted by atomic mass is 16.1. The molecular formula is C19H19N3O. The molecule has 1 heterocycles. The molecule has 0 bridgehead atoms. The molecule has 23 heavy (non-hydrogen) atoms. The molecule has 4 heteroatoms. The summed E-state index contributed by atoms with van der Waals surface area (Å²) in [6.07, 6.45) is 0. The summed E-state index contributed by atoms with van der Waals surface area (Å²) in [5.74, 6) is 0.400. The zero-order valence-electron chi connectivity index (χ0n) is 13.6. The van der Waals surface area contributed by atoms with Gasteiger partial charge < -0.3 is 0 Å². The van der Waals surface area contributed by atoms with Crippen molar-refractivity contribution in [3.05, 3.63) is 58.5 Å². The third kappa shape index (κ3) is 2.55. The average molecular weight is 305 g/mol. The summed E-state index contributed by atoms with van der Waals surface area (Å²) in [5.41, 5.74) is 4.30. The molecule has 0 fully saturated rings. The lowest BCUT2D eigenvalue weighted by Crippen LogP contribution is -2.24. The van der Waals surface area contributed by atoms with Crippen molar-refractivity contribution >= 4 is 11.0 Å². The maximum Gasteiger partial charge on any atom is 0.328 e. The monoisotopic (exact) mass is 305 g/mol. The molecule has 2 aromatic carbocycles. The minimum absolute atomic E-state index is 0.000539. The molecule has 0 spiro atoms. The van der Waals surface area contributed by atoms with Crippen LogP contribution in [0.15, 0.2) is 47.3 Å². The van der Waals surface area contributed by atoms with Crippen LogP contribution < -0.4 is 5.69 Å². The number of hydrogen-bond donors (Lipinski definition) is 0. The van der Waals surface area contributed by atoms with Gasteiger partial charge in [0, 0.05) is 13.6 Å². The van der Waals surface area contributed by atoms with Crippen molar-refractivity contribution < 1.29 is 0 Å². The fraction of sp³-hybridized carbons (Fsp3) is 0.263. The zero-order valence-corrected chi connectivity index (χ0v) is 13.6. The molecule has 4 nitrogen and oxygen atoms in total. The maximum absolute atomic E-state index is 12.5. The molecule has 3 rings (SSSR count). The highest BCUT2D eigenvalue weighted by Crippen LogP contribution is 2.26. The number of imidazole rings is 1. The number of nitriles is 1. The van der Waals surface area contributed by atoms with Crippen LogP contribution in [0.4, 0.5) is 0 Å². The molecule has 0 unspecified atom stereocenters. The van der Waals surface area contributed by atoms with Gasteiger partial charge in [-0.15, -0.1) is 0 Å². The summed E-state index contributed by atoms with van der Waals surface area (Å²) in [6.45, 7) is 4.90. The Balaban J connectivity index is 2.23. The molecular weight excluding hydrogens is 286 g/mol. The molecule has 0 saturated heterocycles. The Hall–Kier alpha value is -2.80. The molecule has 0 aliphatic rings. The normalized spacial score (nSPS) is 11.1. The second-order valence-electron chi connectivity index (χ2n) is 6.21. The highest BCUT2D eigenvalue weighted by molar-refractivity contribution is 5.84. The zero-order chi connectivity index (χ0) is 16.6. The Bertz CT molecular complexity index is 970. The summed E-state index contributed by atoms with van der Waals surface area (Å²) < 4.78 is 3.50. The topological polar surface area (TPSA) is 50.7 Å². The van der Waals surface area contributed by atoms with Crippen LogP contribution in [-0.2, 0) is 13.6 Å². The Morgan fingerprint density at radius 3 is 2.57 bits per heavy atom. The van der Waals surface area contributed by atoms with Crippen molar-refractivity contribution in [1.29, 1.82) is 5.26 Å². The standard InChI is InChI=1S/C19H19N3O/c1-13(2)12-22-17-9-8-14(10-18(17)21(3)19(22)23)16-7-5-4-6-15(16)11-20/h4-10,13H,12H2,1-3H3. The van der Waals surface area contributed by atoms with E-state index in [1.54, 1.807) is 11.6 Å². The van der Waals surface area contributed by atoms with Gasteiger partial charge in [0.25, 0.3) is 0 Å². The number of fused-ring (bicyclic) bond motifs is 1. The van der Waals surface area contributed by atoms with E-state index in [1.807, 2.05) is 47.0 Å². The van der Waals surface area contributed by atoms with Crippen molar-refractivity contribution in [2.24, 2.45) is 13.0 Å². The first kappa shape index (κ1) is 15.1. The summed E-state index contributed by atoms with van der Waals surface area (Å²) in [6, 6.07) is 15.7. The van der Waals surface area contributed by atoms with Crippen LogP contribution in [0.1, 0.15) is 19.4 Å². The molecule has 0 N–H and O–H groups in total. The lowest BCUT2D eigenvalue weighted by molar-refractivity contribution is 0.516. The van der Waals surface area contributed by atoms with Gasteiger partial charge in [-0.05, 0) is 35.2 Å². The smallest absolute Gasteiger partial charge is 0.295 e. The van der Waals surface area contributed by atoms with Gasteiger partial charge in [0.1, 0.15) is 0 Å². The molecule has 0 amide bonds. The van der Waals surface area contributed by atoms with E-state index in [0.717, 1.165) is 22.2 Å². The Labute approximate surface area is 135 Å². The van der Waals surface area contributed by atoms with Crippen molar-refractivity contribution in [2.75, 3.05) is 0 Å². The van der Waals surface area contributed by atoms with E-state index < -0.39 is 0 Å². The van der Waals surface area contributed by atoms with E-state index in [4.69, 9.17) is 0 Å². The van der Waals surface area contributed by atoms with Gasteiger partial charge in [-0.2, -0.15) is 5.26 Å². The van der Waals surface area contributed by atoms with Gasteiger partial charge in [-0.3, -0.25) is 9.13 Å². The van der Waals surface area contributed by atoms with Gasteiger partial charge in [0.15, 0.2) is 0 Å². The van der Waals surface area contributed by atoms with Crippen molar-refractivity contribution in [3.63, 3.8) is 0 Å². The summed E-state index contributed by atoms with van der Waals surface area (Å²) >= 11 is 0. The molecule has 0 radical (unpaired) electrons. The van der Waals surface area contributed by atoms with Gasteiger partial charge in [-0.25, -0.2) is 4.79 Å². The minimum Gasteiger partial charge on any atom is -0.295 e. The van der Waals surface area contributed by atoms with E-state index in [9.17, 15) is 10.1 Å². The maximum atomic E-state index is 12.5. The Morgan fingerprint density at radius 2 is 1.87 bits per heavy atom. The molecule has 3 aromatic rings. The first-order valence-electron chi connectivity index (χ1n) is 7.71. The fourth-order valence-electron chi connectivity index (χ4n) is 2.95. The van der Waals surface area contributed by atoms with Crippen molar-refractivity contribution in [1.82, 2.24) is 9.13 Å². The van der Waals surface area contributed by atoms with E-state index >= 15 is 0 Å². The van der Waals surface area contributed by atoms with Crippen LogP contribution in [0.3, 0.4) is 0 Å². The minimum atomic E-state index is -0.000539. The predicted octanol–water partition coefficient (Wildman–Crippen LogP) is 3.53. The van der Waals surface area contributed by atoms with E-state index in [1.165, 1.54) is 0 Å². The quantitative estimate of drug-likeness (QED) is 0.743. The Morgan fingerprint density at radius 1 is 1.13 bits per heavy atom. The summed E-state index contributed by atoms with van der Waals surface area (Å²) in [4.78, 5) is 12.5. The fourth-order valence-corrected chi connectivity index (χ4v) is 2.95. The van der Waals surface area contributed by atoms with Crippen LogP contribution in [0.2, 0.25) is 0 Å². The lowest BCUT2D eigenvalue weighted by atomic mass is 10.00. The lowest BCUT2D eigenvalue weighted by Gasteiger charge is -2.07. The van der Waals surface area contributed by atoms with Crippen LogP contribution in [0, 0.1) is 17.2 Å². The number of benzene rings is 2. The van der Waals surface area contributed by atoms with Gasteiger partial charge in [0.2, 0.25) is 0 Å². The molecule has 0 saturated carbocycles. The summed E-state index contributed by atoms with van der Waals surface area (Å²) in [7, 11) is 1.79. The average Bonchev–Trinajstić information content (AvgIpc) is 2.79. The summed E-state index contributed by atoms with van der Waals surface area (Å²) in [5, 5.41) is 9.29. The Kier molecular flexibility index (Phi) is 3.79. The van der Waals surface area contributed by atoms with Gasteiger partial charge in [-0.1, -0.05) is 38.1 Å². The van der Waals surface area contributed by atoms with Crippen molar-refractivity contribution in [2.45, 2.75) is 20.4 Å². The number of rotatable bonds is 3. The highest BCUT2D eigenvalue weighted by Gasteiger charge is 2.13. The SMILES string of the molecule is CC(C)Cn1c(=O)n(C)c2cc(-c3ccccc3C#N)ccc21. The third-order valence-electron chi connectivity index (χ3n) is 4.05. The number of nitrogens with zero attached hydrogens (tertiary/aromatic N) is 3. The van der Waals surface area contributed by atoms with Crippen LogP contribution in [0.5, 0.6) is 0 Å². The number of hydrogen-bond acceptors (Lipinski definition) is 2. The molecule has 1 aromatic heterocycles. The van der Waals surface area contributed by atoms with E-state index in [0.29, 0.717) is 18.0 Å². The van der Waals surface area contributed by atoms with Crippen LogP contribution in [-0.4, -0.2) is 9.13 Å². The predicted molar refractivity (Wildman–Crippen MR) is 92.2 cm³/mol. The van der Waals surface area contributed by atoms with Crippen LogP contribution in [0.25, 0.3) is 22.2 Å². The first-order valence-corrected chi connectivity index (χ1v) is 7.71. The van der Waals surface area contributed by atoms with E-state index in [-0.39, 0.29) is 5.69 Å². The second-order valence-corrected chi connectivity index (χ2v) is 6.21. The van der Waals surface area contributed by atoms with Gasteiger partial charge in [0.05, 0.1) is 22.7 Å². The van der Waals surface area contributed by atoms with Crippen molar-refractivity contribution in [3.8, 4) is 17.2 Å².